The lowest BCUT2D eigenvalue weighted by Gasteiger charge is -2.34. The molecule has 0 aliphatic heterocycles. The van der Waals surface area contributed by atoms with E-state index in [0.717, 1.165) is 6.42 Å². The monoisotopic (exact) mass is 295 g/mol. The van der Waals surface area contributed by atoms with Gasteiger partial charge in [0.25, 0.3) is 0 Å². The molecule has 0 amide bonds. The number of carbonyl (C=O) groups is 2. The highest BCUT2D eigenvalue weighted by atomic mass is 16.4. The Bertz CT molecular complexity index is 497. The molecule has 0 aromatic heterocycles. The van der Waals surface area contributed by atoms with Crippen molar-refractivity contribution in [1.29, 1.82) is 0 Å². The van der Waals surface area contributed by atoms with Gasteiger partial charge in [-0.15, -0.1) is 0 Å². The summed E-state index contributed by atoms with van der Waals surface area (Å²) in [5, 5.41) is 19.2. The van der Waals surface area contributed by atoms with Gasteiger partial charge in [0.1, 0.15) is 11.5 Å². The zero-order valence-electron chi connectivity index (χ0n) is 13.2. The first-order chi connectivity index (χ1) is 9.68. The van der Waals surface area contributed by atoms with Crippen LogP contribution in [0, 0.1) is 22.7 Å². The molecule has 4 atom stereocenters. The fraction of sp³-hybridized carbons (Fsp3) is 0.812. The van der Waals surface area contributed by atoms with Gasteiger partial charge in [-0.05, 0) is 36.5 Å². The van der Waals surface area contributed by atoms with E-state index >= 15 is 0 Å². The summed E-state index contributed by atoms with van der Waals surface area (Å²) in [6.07, 6.45) is 2.80. The number of nitrogens with zero attached hydrogens (tertiary/aromatic N) is 1. The second kappa shape index (κ2) is 5.11. The Morgan fingerprint density at radius 3 is 2.43 bits per heavy atom. The van der Waals surface area contributed by atoms with E-state index in [4.69, 9.17) is 0 Å². The van der Waals surface area contributed by atoms with Gasteiger partial charge in [0.2, 0.25) is 0 Å². The summed E-state index contributed by atoms with van der Waals surface area (Å²) in [4.78, 5) is 27.9. The molecular formula is C16H25NO4. The van der Waals surface area contributed by atoms with E-state index in [0.29, 0.717) is 30.9 Å². The smallest absolute Gasteiger partial charge is 0.328 e. The molecule has 2 aliphatic carbocycles. The molecule has 0 saturated heterocycles. The van der Waals surface area contributed by atoms with Crippen molar-refractivity contribution in [2.24, 2.45) is 27.7 Å². The molecule has 2 saturated carbocycles. The number of aliphatic imine (C=N–C) groups is 1. The Kier molecular flexibility index (Phi) is 3.89. The Morgan fingerprint density at radius 1 is 1.38 bits per heavy atom. The van der Waals surface area contributed by atoms with E-state index in [2.05, 4.69) is 4.99 Å². The van der Waals surface area contributed by atoms with Crippen LogP contribution < -0.4 is 0 Å². The first kappa shape index (κ1) is 16.0. The van der Waals surface area contributed by atoms with Crippen molar-refractivity contribution in [2.75, 3.05) is 0 Å². The van der Waals surface area contributed by atoms with Gasteiger partial charge >= 0.3 is 11.9 Å². The number of hydrogen-bond donors (Lipinski definition) is 2. The number of fused-ring (bicyclic) bond motifs is 2. The molecule has 2 rings (SSSR count). The minimum Gasteiger partial charge on any atom is -0.481 e. The quantitative estimate of drug-likeness (QED) is 0.816. The lowest BCUT2D eigenvalue weighted by atomic mass is 9.68. The van der Waals surface area contributed by atoms with E-state index in [-0.39, 0.29) is 11.3 Å². The fourth-order valence-electron chi connectivity index (χ4n) is 4.19. The molecule has 118 valence electrons. The fourth-order valence-corrected chi connectivity index (χ4v) is 4.19. The molecule has 0 heterocycles. The average molecular weight is 295 g/mol. The molecular weight excluding hydrogens is 270 g/mol. The highest BCUT2D eigenvalue weighted by Gasteiger charge is 2.67. The number of carboxylic acid groups (broad SMARTS) is 2. The maximum absolute atomic E-state index is 12.0. The minimum atomic E-state index is -0.973. The number of aliphatic carboxylic acids is 2. The largest absolute Gasteiger partial charge is 0.481 e. The number of carboxylic acids is 2. The molecule has 0 spiro atoms. The van der Waals surface area contributed by atoms with Crippen molar-refractivity contribution in [3.05, 3.63) is 0 Å². The topological polar surface area (TPSA) is 87.0 Å². The summed E-state index contributed by atoms with van der Waals surface area (Å²) in [5.41, 5.74) is -0.724. The first-order valence-corrected chi connectivity index (χ1v) is 7.71. The van der Waals surface area contributed by atoms with Crippen molar-refractivity contribution in [3.63, 3.8) is 0 Å². The Labute approximate surface area is 125 Å². The van der Waals surface area contributed by atoms with Crippen LogP contribution in [0.3, 0.4) is 0 Å². The first-order valence-electron chi connectivity index (χ1n) is 7.71. The van der Waals surface area contributed by atoms with E-state index in [1.807, 2.05) is 27.7 Å². The summed E-state index contributed by atoms with van der Waals surface area (Å²) in [7, 11) is 0. The van der Waals surface area contributed by atoms with Crippen LogP contribution in [0.4, 0.5) is 0 Å². The third-order valence-corrected chi connectivity index (χ3v) is 6.02. The molecule has 2 bridgehead atoms. The second-order valence-corrected chi connectivity index (χ2v) is 7.12. The highest BCUT2D eigenvalue weighted by Crippen LogP contribution is 2.64. The van der Waals surface area contributed by atoms with Crippen LogP contribution in [0.1, 0.15) is 53.4 Å². The number of hydrogen-bond acceptors (Lipinski definition) is 3. The molecule has 2 aliphatic rings. The molecule has 0 radical (unpaired) electrons. The van der Waals surface area contributed by atoms with Crippen molar-refractivity contribution < 1.29 is 19.8 Å². The van der Waals surface area contributed by atoms with Crippen molar-refractivity contribution in [2.45, 2.75) is 59.4 Å². The van der Waals surface area contributed by atoms with Gasteiger partial charge in [-0.3, -0.25) is 9.79 Å². The second-order valence-electron chi connectivity index (χ2n) is 7.12. The highest BCUT2D eigenvalue weighted by molar-refractivity contribution is 6.10. The molecule has 0 aromatic carbocycles. The third kappa shape index (κ3) is 2.09. The van der Waals surface area contributed by atoms with Gasteiger partial charge in [0.15, 0.2) is 0 Å². The predicted octanol–water partition coefficient (Wildman–Crippen LogP) is 2.84. The maximum atomic E-state index is 12.0. The Morgan fingerprint density at radius 2 is 2.00 bits per heavy atom. The number of rotatable bonds is 5. The molecule has 5 heteroatoms. The van der Waals surface area contributed by atoms with Gasteiger partial charge in [-0.1, -0.05) is 34.1 Å². The summed E-state index contributed by atoms with van der Waals surface area (Å²) >= 11 is 0. The van der Waals surface area contributed by atoms with Crippen LogP contribution in [-0.2, 0) is 9.59 Å². The van der Waals surface area contributed by atoms with Crippen molar-refractivity contribution >= 4 is 17.7 Å². The zero-order valence-corrected chi connectivity index (χ0v) is 13.2. The third-order valence-electron chi connectivity index (χ3n) is 6.02. The van der Waals surface area contributed by atoms with Crippen LogP contribution in [0.5, 0.6) is 0 Å². The summed E-state index contributed by atoms with van der Waals surface area (Å²) in [5.74, 6) is -1.61. The molecule has 5 nitrogen and oxygen atoms in total. The normalized spacial score (nSPS) is 34.9. The lowest BCUT2D eigenvalue weighted by Crippen LogP contribution is -2.44. The Hall–Kier alpha value is -1.39. The van der Waals surface area contributed by atoms with Crippen LogP contribution >= 0.6 is 0 Å². The van der Waals surface area contributed by atoms with E-state index in [9.17, 15) is 19.8 Å². The molecule has 0 aromatic rings. The van der Waals surface area contributed by atoms with Crippen LogP contribution in [0.25, 0.3) is 0 Å². The van der Waals surface area contributed by atoms with Gasteiger partial charge in [0, 0.05) is 5.71 Å². The Balaban J connectivity index is 2.47. The lowest BCUT2D eigenvalue weighted by molar-refractivity contribution is -0.149. The molecule has 2 N–H and O–H groups in total. The van der Waals surface area contributed by atoms with E-state index in [1.165, 1.54) is 0 Å². The van der Waals surface area contributed by atoms with Gasteiger partial charge in [-0.2, -0.15) is 0 Å². The van der Waals surface area contributed by atoms with Crippen molar-refractivity contribution in [3.8, 4) is 0 Å². The standard InChI is InChI=1S/C16H25NO4/c1-5-9(2)12(13(18)19)17-11-8-10-6-7-16(11,14(20)21)15(10,3)4/h9-10,12H,5-8H2,1-4H3,(H,18,19)(H,20,21)/t9-,10+,12-,16-/m0/s1. The summed E-state index contributed by atoms with van der Waals surface area (Å²) in [6, 6.07) is -0.837. The van der Waals surface area contributed by atoms with Crippen molar-refractivity contribution in [1.82, 2.24) is 0 Å². The average Bonchev–Trinajstić information content (AvgIpc) is 2.79. The molecule has 21 heavy (non-hydrogen) atoms. The zero-order chi connectivity index (χ0) is 16.0. The van der Waals surface area contributed by atoms with Crippen LogP contribution in [0.2, 0.25) is 0 Å². The van der Waals surface area contributed by atoms with E-state index in [1.54, 1.807) is 0 Å². The van der Waals surface area contributed by atoms with Gasteiger partial charge in [0.05, 0.1) is 0 Å². The van der Waals surface area contributed by atoms with Gasteiger partial charge in [-0.25, -0.2) is 4.79 Å². The summed E-state index contributed by atoms with van der Waals surface area (Å²) < 4.78 is 0. The van der Waals surface area contributed by atoms with Crippen LogP contribution in [0.15, 0.2) is 4.99 Å². The molecule has 2 fully saturated rings. The van der Waals surface area contributed by atoms with Gasteiger partial charge < -0.3 is 10.2 Å². The minimum absolute atomic E-state index is 0.0944. The molecule has 0 unspecified atom stereocenters. The summed E-state index contributed by atoms with van der Waals surface area (Å²) in [6.45, 7) is 7.76. The van der Waals surface area contributed by atoms with Crippen LogP contribution in [-0.4, -0.2) is 33.9 Å². The maximum Gasteiger partial charge on any atom is 0.328 e. The SMILES string of the molecule is CC[C@H](C)[C@H](N=C1C[C@H]2CC[C@]1(C(=O)O)C2(C)C)C(=O)O. The predicted molar refractivity (Wildman–Crippen MR) is 79.5 cm³/mol. The van der Waals surface area contributed by atoms with E-state index < -0.39 is 23.4 Å².